The highest BCUT2D eigenvalue weighted by Crippen LogP contribution is 2.21. The van der Waals surface area contributed by atoms with Gasteiger partial charge in [0.25, 0.3) is 5.91 Å². The maximum Gasteiger partial charge on any atom is 0.255 e. The van der Waals surface area contributed by atoms with Crippen LogP contribution in [0, 0.1) is 0 Å². The van der Waals surface area contributed by atoms with Gasteiger partial charge in [0, 0.05) is 5.56 Å². The van der Waals surface area contributed by atoms with Crippen LogP contribution in [0.1, 0.15) is 55.8 Å². The maximum atomic E-state index is 12.3. The minimum absolute atomic E-state index is 0.185. The smallest absolute Gasteiger partial charge is 0.255 e. The molecule has 0 aromatic heterocycles. The molecule has 2 rings (SSSR count). The van der Waals surface area contributed by atoms with E-state index in [2.05, 4.69) is 12.2 Å². The Morgan fingerprint density at radius 1 is 0.960 bits per heavy atom. The lowest BCUT2D eigenvalue weighted by atomic mass is 10.1. The first-order valence-corrected chi connectivity index (χ1v) is 9.37. The van der Waals surface area contributed by atoms with Gasteiger partial charge in [0.15, 0.2) is 0 Å². The Morgan fingerprint density at radius 2 is 1.64 bits per heavy atom. The number of hydrogen-bond donors (Lipinski definition) is 1. The van der Waals surface area contributed by atoms with Crippen LogP contribution in [0.25, 0.3) is 0 Å². The standard InChI is InChI=1S/C21H26ClNO2/c1-2-3-4-5-6-9-16-25-18-14-12-17(13-15-18)21(24)23-20-11-8-7-10-19(20)22/h7-8,10-15H,2-6,9,16H2,1H3,(H,23,24). The number of rotatable bonds is 10. The molecule has 0 bridgehead atoms. The van der Waals surface area contributed by atoms with Crippen molar-refractivity contribution in [3.63, 3.8) is 0 Å². The van der Waals surface area contributed by atoms with Crippen LogP contribution in [0.3, 0.4) is 0 Å². The SMILES string of the molecule is CCCCCCCCOc1ccc(C(=O)Nc2ccccc2Cl)cc1. The van der Waals surface area contributed by atoms with E-state index >= 15 is 0 Å². The van der Waals surface area contributed by atoms with E-state index in [1.54, 1.807) is 24.3 Å². The molecule has 0 aliphatic heterocycles. The van der Waals surface area contributed by atoms with Crippen molar-refractivity contribution >= 4 is 23.2 Å². The number of carbonyl (C=O) groups is 1. The van der Waals surface area contributed by atoms with E-state index in [4.69, 9.17) is 16.3 Å². The number of amides is 1. The number of unbranched alkanes of at least 4 members (excludes halogenated alkanes) is 5. The zero-order chi connectivity index (χ0) is 17.9. The molecule has 0 spiro atoms. The first-order chi connectivity index (χ1) is 12.2. The molecule has 1 amide bonds. The van der Waals surface area contributed by atoms with Gasteiger partial charge in [0.1, 0.15) is 5.75 Å². The molecule has 2 aromatic rings. The van der Waals surface area contributed by atoms with E-state index < -0.39 is 0 Å². The van der Waals surface area contributed by atoms with E-state index in [0.29, 0.717) is 16.3 Å². The molecule has 3 nitrogen and oxygen atoms in total. The number of ether oxygens (including phenoxy) is 1. The number of halogens is 1. The second-order valence-corrected chi connectivity index (χ2v) is 6.48. The summed E-state index contributed by atoms with van der Waals surface area (Å²) in [6, 6.07) is 14.4. The van der Waals surface area contributed by atoms with Gasteiger partial charge in [-0.3, -0.25) is 4.79 Å². The summed E-state index contributed by atoms with van der Waals surface area (Å²) in [5, 5.41) is 3.33. The van der Waals surface area contributed by atoms with E-state index in [-0.39, 0.29) is 5.91 Å². The second kappa shape index (κ2) is 10.8. The van der Waals surface area contributed by atoms with Crippen molar-refractivity contribution in [1.29, 1.82) is 0 Å². The first kappa shape index (κ1) is 19.3. The summed E-state index contributed by atoms with van der Waals surface area (Å²) in [4.78, 5) is 12.3. The average molecular weight is 360 g/mol. The van der Waals surface area contributed by atoms with E-state index in [9.17, 15) is 4.79 Å². The van der Waals surface area contributed by atoms with Gasteiger partial charge >= 0.3 is 0 Å². The summed E-state index contributed by atoms with van der Waals surface area (Å²) in [5.74, 6) is 0.610. The Labute approximate surface area is 155 Å². The zero-order valence-corrected chi connectivity index (χ0v) is 15.5. The van der Waals surface area contributed by atoms with Crippen molar-refractivity contribution in [2.24, 2.45) is 0 Å². The molecule has 0 radical (unpaired) electrons. The van der Waals surface area contributed by atoms with Crippen LogP contribution in [0.5, 0.6) is 5.75 Å². The van der Waals surface area contributed by atoms with Gasteiger partial charge in [-0.1, -0.05) is 62.8 Å². The lowest BCUT2D eigenvalue weighted by molar-refractivity contribution is 0.102. The van der Waals surface area contributed by atoms with Crippen LogP contribution in [0.15, 0.2) is 48.5 Å². The van der Waals surface area contributed by atoms with Crippen LogP contribution >= 0.6 is 11.6 Å². The lowest BCUT2D eigenvalue weighted by Crippen LogP contribution is -2.12. The fourth-order valence-corrected chi connectivity index (χ4v) is 2.71. The van der Waals surface area contributed by atoms with E-state index in [1.807, 2.05) is 24.3 Å². The Morgan fingerprint density at radius 3 is 2.36 bits per heavy atom. The minimum atomic E-state index is -0.185. The molecule has 25 heavy (non-hydrogen) atoms. The summed E-state index contributed by atoms with van der Waals surface area (Å²) in [6.07, 6.45) is 7.45. The van der Waals surface area contributed by atoms with Crippen LogP contribution in [-0.2, 0) is 0 Å². The number of carbonyl (C=O) groups excluding carboxylic acids is 1. The predicted octanol–water partition coefficient (Wildman–Crippen LogP) is 6.33. The summed E-state index contributed by atoms with van der Waals surface area (Å²) < 4.78 is 5.73. The van der Waals surface area contributed by atoms with Crippen molar-refractivity contribution in [2.75, 3.05) is 11.9 Å². The monoisotopic (exact) mass is 359 g/mol. The van der Waals surface area contributed by atoms with Gasteiger partial charge in [-0.05, 0) is 42.8 Å². The fraction of sp³-hybridized carbons (Fsp3) is 0.381. The summed E-state index contributed by atoms with van der Waals surface area (Å²) in [5.41, 5.74) is 1.18. The number of anilines is 1. The Kier molecular flexibility index (Phi) is 8.33. The molecule has 0 saturated carbocycles. The highest BCUT2D eigenvalue weighted by atomic mass is 35.5. The largest absolute Gasteiger partial charge is 0.494 e. The molecule has 0 saturated heterocycles. The highest BCUT2D eigenvalue weighted by molar-refractivity contribution is 6.33. The normalized spacial score (nSPS) is 10.5. The number of hydrogen-bond acceptors (Lipinski definition) is 2. The third kappa shape index (κ3) is 6.79. The highest BCUT2D eigenvalue weighted by Gasteiger charge is 2.08. The fourth-order valence-electron chi connectivity index (χ4n) is 2.53. The second-order valence-electron chi connectivity index (χ2n) is 6.07. The lowest BCUT2D eigenvalue weighted by Gasteiger charge is -2.09. The molecule has 1 N–H and O–H groups in total. The van der Waals surface area contributed by atoms with Crippen molar-refractivity contribution in [3.8, 4) is 5.75 Å². The molecule has 0 fully saturated rings. The van der Waals surface area contributed by atoms with Crippen LogP contribution in [0.2, 0.25) is 5.02 Å². The predicted molar refractivity (Wildman–Crippen MR) is 105 cm³/mol. The molecule has 0 atom stereocenters. The average Bonchev–Trinajstić information content (AvgIpc) is 2.63. The molecule has 4 heteroatoms. The quantitative estimate of drug-likeness (QED) is 0.503. The van der Waals surface area contributed by atoms with Gasteiger partial charge in [-0.15, -0.1) is 0 Å². The Bertz CT molecular complexity index is 655. The molecular formula is C21H26ClNO2. The van der Waals surface area contributed by atoms with Gasteiger partial charge in [0.05, 0.1) is 17.3 Å². The van der Waals surface area contributed by atoms with E-state index in [1.165, 1.54) is 32.1 Å². The van der Waals surface area contributed by atoms with E-state index in [0.717, 1.165) is 18.8 Å². The number of nitrogens with one attached hydrogen (secondary N) is 1. The van der Waals surface area contributed by atoms with Crippen molar-refractivity contribution in [1.82, 2.24) is 0 Å². The molecular weight excluding hydrogens is 334 g/mol. The van der Waals surface area contributed by atoms with Gasteiger partial charge in [-0.2, -0.15) is 0 Å². The van der Waals surface area contributed by atoms with Gasteiger partial charge in [-0.25, -0.2) is 0 Å². The molecule has 2 aromatic carbocycles. The maximum absolute atomic E-state index is 12.3. The van der Waals surface area contributed by atoms with Gasteiger partial charge < -0.3 is 10.1 Å². The van der Waals surface area contributed by atoms with Crippen molar-refractivity contribution < 1.29 is 9.53 Å². The van der Waals surface area contributed by atoms with Crippen molar-refractivity contribution in [2.45, 2.75) is 45.4 Å². The molecule has 0 aliphatic carbocycles. The Balaban J connectivity index is 1.75. The third-order valence-corrected chi connectivity index (χ3v) is 4.33. The van der Waals surface area contributed by atoms with Gasteiger partial charge in [0.2, 0.25) is 0 Å². The topological polar surface area (TPSA) is 38.3 Å². The molecule has 0 heterocycles. The summed E-state index contributed by atoms with van der Waals surface area (Å²) in [6.45, 7) is 2.94. The molecule has 134 valence electrons. The van der Waals surface area contributed by atoms with Crippen LogP contribution in [0.4, 0.5) is 5.69 Å². The first-order valence-electron chi connectivity index (χ1n) is 8.99. The zero-order valence-electron chi connectivity index (χ0n) is 14.8. The third-order valence-electron chi connectivity index (χ3n) is 4.01. The molecule has 0 aliphatic rings. The van der Waals surface area contributed by atoms with Crippen LogP contribution in [-0.4, -0.2) is 12.5 Å². The van der Waals surface area contributed by atoms with Crippen LogP contribution < -0.4 is 10.1 Å². The number of benzene rings is 2. The van der Waals surface area contributed by atoms with Crippen molar-refractivity contribution in [3.05, 3.63) is 59.1 Å². The molecule has 0 unspecified atom stereocenters. The minimum Gasteiger partial charge on any atom is -0.494 e. The summed E-state index contributed by atoms with van der Waals surface area (Å²) in [7, 11) is 0. The number of para-hydroxylation sites is 1. The summed E-state index contributed by atoms with van der Waals surface area (Å²) >= 11 is 6.06. The Hall–Kier alpha value is -2.00.